The van der Waals surface area contributed by atoms with Crippen molar-refractivity contribution in [3.8, 4) is 0 Å². The van der Waals surface area contributed by atoms with E-state index in [1.54, 1.807) is 4.90 Å². The van der Waals surface area contributed by atoms with Crippen molar-refractivity contribution in [2.24, 2.45) is 5.92 Å². The van der Waals surface area contributed by atoms with Gasteiger partial charge in [-0.1, -0.05) is 13.8 Å². The van der Waals surface area contributed by atoms with Gasteiger partial charge in [0.2, 0.25) is 5.91 Å². The van der Waals surface area contributed by atoms with Crippen LogP contribution in [0.2, 0.25) is 0 Å². The third kappa shape index (κ3) is 2.79. The van der Waals surface area contributed by atoms with Gasteiger partial charge in [-0.05, 0) is 38.0 Å². The lowest BCUT2D eigenvalue weighted by Gasteiger charge is -2.44. The van der Waals surface area contributed by atoms with Crippen molar-refractivity contribution < 1.29 is 14.7 Å². The quantitative estimate of drug-likeness (QED) is 0.821. The zero-order valence-electron chi connectivity index (χ0n) is 11.0. The molecule has 0 saturated heterocycles. The smallest absolute Gasteiger partial charge is 0.329 e. The van der Waals surface area contributed by atoms with Gasteiger partial charge in [0, 0.05) is 13.5 Å². The van der Waals surface area contributed by atoms with E-state index in [4.69, 9.17) is 0 Å². The van der Waals surface area contributed by atoms with E-state index in [0.717, 1.165) is 19.3 Å². The monoisotopic (exact) mass is 241 g/mol. The van der Waals surface area contributed by atoms with Crippen LogP contribution in [0.1, 0.15) is 52.9 Å². The summed E-state index contributed by atoms with van der Waals surface area (Å²) in [5.74, 6) is -0.394. The maximum atomic E-state index is 11.7. The molecule has 1 N–H and O–H groups in total. The summed E-state index contributed by atoms with van der Waals surface area (Å²) in [5, 5.41) is 9.53. The average molecular weight is 241 g/mol. The van der Waals surface area contributed by atoms with Crippen molar-refractivity contribution in [3.05, 3.63) is 0 Å². The summed E-state index contributed by atoms with van der Waals surface area (Å²) in [6.45, 7) is 6.12. The van der Waals surface area contributed by atoms with E-state index in [2.05, 4.69) is 6.92 Å². The van der Waals surface area contributed by atoms with Crippen LogP contribution in [0.15, 0.2) is 0 Å². The van der Waals surface area contributed by atoms with Gasteiger partial charge in [0.15, 0.2) is 0 Å². The summed E-state index contributed by atoms with van der Waals surface area (Å²) in [7, 11) is 0. The van der Waals surface area contributed by atoms with Crippen molar-refractivity contribution in [2.45, 2.75) is 58.4 Å². The molecule has 17 heavy (non-hydrogen) atoms. The minimum absolute atomic E-state index is 0.121. The molecule has 0 atom stereocenters. The molecule has 1 aliphatic rings. The maximum Gasteiger partial charge on any atom is 0.329 e. The second kappa shape index (κ2) is 5.52. The van der Waals surface area contributed by atoms with Crippen molar-refractivity contribution >= 4 is 11.9 Å². The number of aliphatic carboxylic acids is 1. The summed E-state index contributed by atoms with van der Waals surface area (Å²) in [4.78, 5) is 24.9. The van der Waals surface area contributed by atoms with Crippen LogP contribution in [-0.2, 0) is 9.59 Å². The van der Waals surface area contributed by atoms with Gasteiger partial charge in [0.1, 0.15) is 5.54 Å². The zero-order chi connectivity index (χ0) is 13.1. The highest BCUT2D eigenvalue weighted by molar-refractivity contribution is 5.86. The zero-order valence-corrected chi connectivity index (χ0v) is 11.0. The second-order valence-electron chi connectivity index (χ2n) is 5.19. The van der Waals surface area contributed by atoms with Gasteiger partial charge in [-0.15, -0.1) is 0 Å². The number of carbonyl (C=O) groups is 2. The first-order chi connectivity index (χ1) is 7.94. The van der Waals surface area contributed by atoms with E-state index >= 15 is 0 Å². The van der Waals surface area contributed by atoms with Crippen LogP contribution in [0.25, 0.3) is 0 Å². The predicted octanol–water partition coefficient (Wildman–Crippen LogP) is 2.28. The molecule has 1 fully saturated rings. The Morgan fingerprint density at radius 2 is 1.88 bits per heavy atom. The van der Waals surface area contributed by atoms with Gasteiger partial charge in [0.05, 0.1) is 0 Å². The van der Waals surface area contributed by atoms with Crippen LogP contribution >= 0.6 is 0 Å². The predicted molar refractivity (Wildman–Crippen MR) is 65.7 cm³/mol. The Kier molecular flexibility index (Phi) is 4.54. The normalized spacial score (nSPS) is 28.8. The molecule has 1 rings (SSSR count). The molecule has 4 heteroatoms. The molecule has 1 aliphatic carbocycles. The lowest BCUT2D eigenvalue weighted by Crippen LogP contribution is -2.58. The highest BCUT2D eigenvalue weighted by Crippen LogP contribution is 2.37. The molecule has 0 aromatic rings. The summed E-state index contributed by atoms with van der Waals surface area (Å²) in [6.07, 6.45) is 3.75. The topological polar surface area (TPSA) is 57.6 Å². The average Bonchev–Trinajstić information content (AvgIpc) is 2.27. The molecule has 0 aliphatic heterocycles. The Morgan fingerprint density at radius 3 is 2.24 bits per heavy atom. The molecule has 0 spiro atoms. The lowest BCUT2D eigenvalue weighted by atomic mass is 9.76. The Balaban J connectivity index is 2.97. The number of amides is 1. The van der Waals surface area contributed by atoms with E-state index in [1.807, 2.05) is 6.92 Å². The molecular weight excluding hydrogens is 218 g/mol. The van der Waals surface area contributed by atoms with Gasteiger partial charge in [-0.2, -0.15) is 0 Å². The fourth-order valence-corrected chi connectivity index (χ4v) is 2.74. The van der Waals surface area contributed by atoms with Gasteiger partial charge in [-0.3, -0.25) is 4.79 Å². The van der Waals surface area contributed by atoms with E-state index < -0.39 is 11.5 Å². The standard InChI is InChI=1S/C13H23NO3/c1-4-9-14(11(3)15)13(12(16)17)7-5-10(2)6-8-13/h10H,4-9H2,1-3H3,(H,16,17). The molecule has 0 heterocycles. The van der Waals surface area contributed by atoms with Crippen LogP contribution in [0.4, 0.5) is 0 Å². The molecule has 1 saturated carbocycles. The van der Waals surface area contributed by atoms with Gasteiger partial charge in [-0.25, -0.2) is 4.79 Å². The summed E-state index contributed by atoms with van der Waals surface area (Å²) >= 11 is 0. The maximum absolute atomic E-state index is 11.7. The summed E-state index contributed by atoms with van der Waals surface area (Å²) in [6, 6.07) is 0. The molecule has 4 nitrogen and oxygen atoms in total. The number of nitrogens with zero attached hydrogens (tertiary/aromatic N) is 1. The number of hydrogen-bond donors (Lipinski definition) is 1. The van der Waals surface area contributed by atoms with Crippen LogP contribution in [0, 0.1) is 5.92 Å². The van der Waals surface area contributed by atoms with Gasteiger partial charge in [0.25, 0.3) is 0 Å². The highest BCUT2D eigenvalue weighted by atomic mass is 16.4. The van der Waals surface area contributed by atoms with Crippen molar-refractivity contribution in [1.29, 1.82) is 0 Å². The molecule has 0 aromatic heterocycles. The molecule has 0 aromatic carbocycles. The summed E-state index contributed by atoms with van der Waals surface area (Å²) in [5.41, 5.74) is -0.950. The number of hydrogen-bond acceptors (Lipinski definition) is 2. The third-order valence-electron chi connectivity index (χ3n) is 3.84. The van der Waals surface area contributed by atoms with Crippen LogP contribution < -0.4 is 0 Å². The number of rotatable bonds is 4. The minimum Gasteiger partial charge on any atom is -0.479 e. The van der Waals surface area contributed by atoms with Crippen molar-refractivity contribution in [2.75, 3.05) is 6.54 Å². The van der Waals surface area contributed by atoms with Crippen LogP contribution in [0.5, 0.6) is 0 Å². The van der Waals surface area contributed by atoms with Gasteiger partial charge >= 0.3 is 5.97 Å². The van der Waals surface area contributed by atoms with E-state index in [9.17, 15) is 14.7 Å². The largest absolute Gasteiger partial charge is 0.479 e. The van der Waals surface area contributed by atoms with Crippen LogP contribution in [-0.4, -0.2) is 34.0 Å². The number of carboxylic acids is 1. The van der Waals surface area contributed by atoms with Gasteiger partial charge < -0.3 is 10.0 Å². The molecule has 98 valence electrons. The van der Waals surface area contributed by atoms with Crippen molar-refractivity contribution in [1.82, 2.24) is 4.90 Å². The van der Waals surface area contributed by atoms with Crippen molar-refractivity contribution in [3.63, 3.8) is 0 Å². The van der Waals surface area contributed by atoms with Crippen LogP contribution in [0.3, 0.4) is 0 Å². The molecule has 1 amide bonds. The Hall–Kier alpha value is -1.06. The van der Waals surface area contributed by atoms with E-state index in [1.165, 1.54) is 6.92 Å². The first-order valence-electron chi connectivity index (χ1n) is 6.45. The summed E-state index contributed by atoms with van der Waals surface area (Å²) < 4.78 is 0. The first kappa shape index (κ1) is 14.0. The Morgan fingerprint density at radius 1 is 1.35 bits per heavy atom. The SMILES string of the molecule is CCCN(C(C)=O)C1(C(=O)O)CCC(C)CC1. The Bertz CT molecular complexity index is 293. The highest BCUT2D eigenvalue weighted by Gasteiger charge is 2.46. The fourth-order valence-electron chi connectivity index (χ4n) is 2.74. The second-order valence-corrected chi connectivity index (χ2v) is 5.19. The number of carbonyl (C=O) groups excluding carboxylic acids is 1. The Labute approximate surface area is 103 Å². The minimum atomic E-state index is -0.950. The van der Waals surface area contributed by atoms with E-state index in [0.29, 0.717) is 25.3 Å². The first-order valence-corrected chi connectivity index (χ1v) is 6.45. The third-order valence-corrected chi connectivity index (χ3v) is 3.84. The fraction of sp³-hybridized carbons (Fsp3) is 0.846. The number of carboxylic acid groups (broad SMARTS) is 1. The molecular formula is C13H23NO3. The molecule has 0 unspecified atom stereocenters. The van der Waals surface area contributed by atoms with E-state index in [-0.39, 0.29) is 5.91 Å². The molecule has 0 bridgehead atoms. The lowest BCUT2D eigenvalue weighted by molar-refractivity contribution is -0.162. The molecule has 0 radical (unpaired) electrons.